The molecule has 1 aromatic heterocycles. The Morgan fingerprint density at radius 2 is 2.00 bits per heavy atom. The zero-order valence-electron chi connectivity index (χ0n) is 10.7. The van der Waals surface area contributed by atoms with Crippen molar-refractivity contribution in [1.29, 1.82) is 0 Å². The first-order chi connectivity index (χ1) is 7.96. The van der Waals surface area contributed by atoms with E-state index in [0.717, 1.165) is 0 Å². The highest BCUT2D eigenvalue weighted by atomic mass is 16.3. The van der Waals surface area contributed by atoms with Crippen molar-refractivity contribution >= 4 is 10.9 Å². The summed E-state index contributed by atoms with van der Waals surface area (Å²) in [6, 6.07) is 8.31. The molecule has 17 heavy (non-hydrogen) atoms. The molecule has 3 N–H and O–H groups in total. The molecule has 0 bridgehead atoms. The highest BCUT2D eigenvalue weighted by Gasteiger charge is 2.22. The second-order valence-electron chi connectivity index (χ2n) is 5.13. The van der Waals surface area contributed by atoms with Crippen molar-refractivity contribution in [3.63, 3.8) is 0 Å². The first kappa shape index (κ1) is 12.1. The van der Waals surface area contributed by atoms with Gasteiger partial charge in [0.05, 0.1) is 6.61 Å². The molecule has 3 heteroatoms. The van der Waals surface area contributed by atoms with Crippen LogP contribution in [0.4, 0.5) is 0 Å². The molecule has 3 nitrogen and oxygen atoms in total. The minimum atomic E-state index is -0.561. The standard InChI is InChI=1S/C14H20N2O/c1-10-12(8-14(2,15)9-17)11-6-4-5-7-13(11)16(10)3/h4-7,17H,8-9,15H2,1-3H3. The second-order valence-corrected chi connectivity index (χ2v) is 5.13. The molecule has 0 fully saturated rings. The number of nitrogens with two attached hydrogens (primary N) is 1. The number of benzene rings is 1. The molecule has 0 spiro atoms. The van der Waals surface area contributed by atoms with E-state index in [1.807, 2.05) is 19.1 Å². The Morgan fingerprint density at radius 3 is 2.65 bits per heavy atom. The number of para-hydroxylation sites is 1. The van der Waals surface area contributed by atoms with Crippen LogP contribution in [0.3, 0.4) is 0 Å². The Kier molecular flexibility index (Phi) is 2.98. The predicted octanol–water partition coefficient (Wildman–Crippen LogP) is 1.74. The van der Waals surface area contributed by atoms with Gasteiger partial charge < -0.3 is 15.4 Å². The molecule has 0 saturated heterocycles. The van der Waals surface area contributed by atoms with Gasteiger partial charge in [0, 0.05) is 29.2 Å². The molecule has 0 amide bonds. The van der Waals surface area contributed by atoms with Crippen molar-refractivity contribution in [2.45, 2.75) is 25.8 Å². The van der Waals surface area contributed by atoms with Gasteiger partial charge in [0.25, 0.3) is 0 Å². The summed E-state index contributed by atoms with van der Waals surface area (Å²) in [6.07, 6.45) is 0.691. The Bertz CT molecular complexity index is 540. The lowest BCUT2D eigenvalue weighted by atomic mass is 9.93. The molecular weight excluding hydrogens is 212 g/mol. The van der Waals surface area contributed by atoms with Gasteiger partial charge in [-0.25, -0.2) is 0 Å². The van der Waals surface area contributed by atoms with E-state index in [2.05, 4.69) is 30.7 Å². The largest absolute Gasteiger partial charge is 0.394 e. The molecule has 92 valence electrons. The van der Waals surface area contributed by atoms with E-state index in [1.54, 1.807) is 0 Å². The molecule has 0 saturated carbocycles. The van der Waals surface area contributed by atoms with Gasteiger partial charge >= 0.3 is 0 Å². The zero-order chi connectivity index (χ0) is 12.6. The monoisotopic (exact) mass is 232 g/mol. The number of aromatic nitrogens is 1. The smallest absolute Gasteiger partial charge is 0.0611 e. The van der Waals surface area contributed by atoms with Crippen molar-refractivity contribution in [3.8, 4) is 0 Å². The van der Waals surface area contributed by atoms with Gasteiger partial charge in [-0.2, -0.15) is 0 Å². The molecule has 2 aromatic rings. The van der Waals surface area contributed by atoms with E-state index in [9.17, 15) is 5.11 Å². The number of aliphatic hydroxyl groups excluding tert-OH is 1. The van der Waals surface area contributed by atoms with E-state index < -0.39 is 5.54 Å². The Morgan fingerprint density at radius 1 is 1.35 bits per heavy atom. The highest BCUT2D eigenvalue weighted by molar-refractivity contribution is 5.85. The molecule has 1 heterocycles. The average molecular weight is 232 g/mol. The van der Waals surface area contributed by atoms with Gasteiger partial charge in [0.2, 0.25) is 0 Å². The number of aryl methyl sites for hydroxylation is 1. The van der Waals surface area contributed by atoms with Crippen molar-refractivity contribution in [1.82, 2.24) is 4.57 Å². The molecule has 1 unspecified atom stereocenters. The topological polar surface area (TPSA) is 51.2 Å². The van der Waals surface area contributed by atoms with E-state index in [4.69, 9.17) is 5.73 Å². The summed E-state index contributed by atoms with van der Waals surface area (Å²) < 4.78 is 2.18. The number of nitrogens with zero attached hydrogens (tertiary/aromatic N) is 1. The highest BCUT2D eigenvalue weighted by Crippen LogP contribution is 2.27. The van der Waals surface area contributed by atoms with Crippen molar-refractivity contribution in [2.24, 2.45) is 12.8 Å². The maximum Gasteiger partial charge on any atom is 0.0611 e. The number of hydrogen-bond acceptors (Lipinski definition) is 2. The molecular formula is C14H20N2O. The van der Waals surface area contributed by atoms with E-state index in [-0.39, 0.29) is 6.61 Å². The maximum absolute atomic E-state index is 9.29. The molecule has 0 aliphatic carbocycles. The lowest BCUT2D eigenvalue weighted by Crippen LogP contribution is -2.42. The van der Waals surface area contributed by atoms with Gasteiger partial charge in [0.1, 0.15) is 0 Å². The van der Waals surface area contributed by atoms with E-state index >= 15 is 0 Å². The minimum absolute atomic E-state index is 0.00430. The minimum Gasteiger partial charge on any atom is -0.394 e. The lowest BCUT2D eigenvalue weighted by molar-refractivity contribution is 0.208. The Labute approximate surface area is 102 Å². The average Bonchev–Trinajstić information content (AvgIpc) is 2.55. The van der Waals surface area contributed by atoms with Crippen LogP contribution >= 0.6 is 0 Å². The third-order valence-corrected chi connectivity index (χ3v) is 3.47. The normalized spacial score (nSPS) is 15.1. The van der Waals surface area contributed by atoms with Crippen LogP contribution in [0.2, 0.25) is 0 Å². The number of aliphatic hydroxyl groups is 1. The summed E-state index contributed by atoms with van der Waals surface area (Å²) in [5.74, 6) is 0. The van der Waals surface area contributed by atoms with Gasteiger partial charge in [0.15, 0.2) is 0 Å². The third kappa shape index (κ3) is 2.08. The summed E-state index contributed by atoms with van der Waals surface area (Å²) in [6.45, 7) is 3.98. The van der Waals surface area contributed by atoms with Crippen LogP contribution in [-0.4, -0.2) is 21.8 Å². The van der Waals surface area contributed by atoms with Gasteiger partial charge in [-0.1, -0.05) is 18.2 Å². The van der Waals surface area contributed by atoms with Crippen molar-refractivity contribution in [2.75, 3.05) is 6.61 Å². The number of rotatable bonds is 3. The van der Waals surface area contributed by atoms with E-state index in [0.29, 0.717) is 6.42 Å². The Balaban J connectivity index is 2.57. The van der Waals surface area contributed by atoms with Gasteiger partial charge in [-0.3, -0.25) is 0 Å². The third-order valence-electron chi connectivity index (χ3n) is 3.47. The van der Waals surface area contributed by atoms with Crippen LogP contribution in [0.25, 0.3) is 10.9 Å². The summed E-state index contributed by atoms with van der Waals surface area (Å²) in [4.78, 5) is 0. The van der Waals surface area contributed by atoms with E-state index in [1.165, 1.54) is 22.2 Å². The van der Waals surface area contributed by atoms with Crippen LogP contribution in [0.1, 0.15) is 18.2 Å². The van der Waals surface area contributed by atoms with Crippen LogP contribution < -0.4 is 5.73 Å². The fraction of sp³-hybridized carbons (Fsp3) is 0.429. The van der Waals surface area contributed by atoms with Crippen LogP contribution in [0.15, 0.2) is 24.3 Å². The van der Waals surface area contributed by atoms with Crippen LogP contribution in [0.5, 0.6) is 0 Å². The quantitative estimate of drug-likeness (QED) is 0.847. The predicted molar refractivity (Wildman–Crippen MR) is 71.0 cm³/mol. The molecule has 2 rings (SSSR count). The molecule has 0 radical (unpaired) electrons. The summed E-state index contributed by atoms with van der Waals surface area (Å²) in [7, 11) is 2.06. The maximum atomic E-state index is 9.29. The summed E-state index contributed by atoms with van der Waals surface area (Å²) in [5.41, 5.74) is 9.17. The number of fused-ring (bicyclic) bond motifs is 1. The Hall–Kier alpha value is -1.32. The number of hydrogen-bond donors (Lipinski definition) is 2. The molecule has 1 atom stereocenters. The van der Waals surface area contributed by atoms with Crippen molar-refractivity contribution < 1.29 is 5.11 Å². The van der Waals surface area contributed by atoms with Gasteiger partial charge in [-0.15, -0.1) is 0 Å². The fourth-order valence-corrected chi connectivity index (χ4v) is 2.28. The summed E-state index contributed by atoms with van der Waals surface area (Å²) >= 11 is 0. The second kappa shape index (κ2) is 4.17. The van der Waals surface area contributed by atoms with Crippen LogP contribution in [0, 0.1) is 6.92 Å². The zero-order valence-corrected chi connectivity index (χ0v) is 10.7. The van der Waals surface area contributed by atoms with Crippen molar-refractivity contribution in [3.05, 3.63) is 35.5 Å². The lowest BCUT2D eigenvalue weighted by Gasteiger charge is -2.21. The molecule has 0 aliphatic rings. The SMILES string of the molecule is Cc1c(CC(C)(N)CO)c2ccccc2n1C. The molecule has 0 aliphatic heterocycles. The first-order valence-electron chi connectivity index (χ1n) is 5.89. The van der Waals surface area contributed by atoms with Gasteiger partial charge in [-0.05, 0) is 31.9 Å². The first-order valence-corrected chi connectivity index (χ1v) is 5.89. The fourth-order valence-electron chi connectivity index (χ4n) is 2.28. The summed E-state index contributed by atoms with van der Waals surface area (Å²) in [5, 5.41) is 10.5. The van der Waals surface area contributed by atoms with Crippen LogP contribution in [-0.2, 0) is 13.5 Å². The molecule has 1 aromatic carbocycles.